The molecular weight excluding hydrogens is 366 g/mol. The van der Waals surface area contributed by atoms with Crippen LogP contribution < -0.4 is 5.69 Å². The number of piperazine rings is 1. The molecule has 144 valence electrons. The topological polar surface area (TPSA) is 74.2 Å². The highest BCUT2D eigenvalue weighted by Crippen LogP contribution is 2.24. The molecule has 1 unspecified atom stereocenters. The third-order valence-electron chi connectivity index (χ3n) is 5.48. The molecule has 0 radical (unpaired) electrons. The van der Waals surface area contributed by atoms with Gasteiger partial charge < -0.3 is 4.90 Å². The molecule has 8 heteroatoms. The van der Waals surface area contributed by atoms with Crippen LogP contribution in [0.25, 0.3) is 0 Å². The SMILES string of the molecule is O=C(C1CCCCc2n[nH]c(=O)n21)N1CCN(Cc2cccc(Cl)c2)CC1. The van der Waals surface area contributed by atoms with Crippen molar-refractivity contribution >= 4 is 17.5 Å². The Morgan fingerprint density at radius 1 is 1.22 bits per heavy atom. The van der Waals surface area contributed by atoms with Gasteiger partial charge in [-0.3, -0.25) is 14.3 Å². The predicted molar refractivity (Wildman–Crippen MR) is 103 cm³/mol. The lowest BCUT2D eigenvalue weighted by Crippen LogP contribution is -2.50. The number of hydrogen-bond acceptors (Lipinski definition) is 4. The fourth-order valence-electron chi connectivity index (χ4n) is 4.05. The number of nitrogens with one attached hydrogen (secondary N) is 1. The van der Waals surface area contributed by atoms with Gasteiger partial charge in [-0.05, 0) is 30.5 Å². The van der Waals surface area contributed by atoms with Crippen LogP contribution in [-0.4, -0.2) is 56.7 Å². The van der Waals surface area contributed by atoms with Gasteiger partial charge in [0.2, 0.25) is 5.91 Å². The first-order valence-corrected chi connectivity index (χ1v) is 9.91. The summed E-state index contributed by atoms with van der Waals surface area (Å²) in [7, 11) is 0. The van der Waals surface area contributed by atoms with Crippen LogP contribution in [0.3, 0.4) is 0 Å². The minimum absolute atomic E-state index is 0.0454. The van der Waals surface area contributed by atoms with E-state index in [1.165, 1.54) is 5.56 Å². The molecule has 27 heavy (non-hydrogen) atoms. The number of hydrogen-bond donors (Lipinski definition) is 1. The van der Waals surface area contributed by atoms with Crippen LogP contribution in [0.4, 0.5) is 0 Å². The summed E-state index contributed by atoms with van der Waals surface area (Å²) in [5.41, 5.74) is 0.908. The summed E-state index contributed by atoms with van der Waals surface area (Å²) in [6.07, 6.45) is 3.35. The molecule has 7 nitrogen and oxygen atoms in total. The van der Waals surface area contributed by atoms with Gasteiger partial charge >= 0.3 is 5.69 Å². The average molecular weight is 390 g/mol. The Kier molecular flexibility index (Phi) is 5.31. The van der Waals surface area contributed by atoms with Gasteiger partial charge in [0.25, 0.3) is 0 Å². The van der Waals surface area contributed by atoms with Crippen LogP contribution >= 0.6 is 11.6 Å². The first-order valence-electron chi connectivity index (χ1n) is 9.53. The predicted octanol–water partition coefficient (Wildman–Crippen LogP) is 1.84. The molecule has 0 saturated carbocycles. The summed E-state index contributed by atoms with van der Waals surface area (Å²) in [6, 6.07) is 7.47. The lowest BCUT2D eigenvalue weighted by atomic mass is 10.1. The van der Waals surface area contributed by atoms with Gasteiger partial charge in [-0.25, -0.2) is 9.89 Å². The number of halogens is 1. The maximum absolute atomic E-state index is 13.1. The number of carbonyl (C=O) groups is 1. The number of aryl methyl sites for hydroxylation is 1. The van der Waals surface area contributed by atoms with Crippen molar-refractivity contribution in [3.8, 4) is 0 Å². The van der Waals surface area contributed by atoms with Crippen molar-refractivity contribution in [3.05, 3.63) is 51.2 Å². The van der Waals surface area contributed by atoms with E-state index >= 15 is 0 Å². The van der Waals surface area contributed by atoms with E-state index in [1.54, 1.807) is 4.57 Å². The monoisotopic (exact) mass is 389 g/mol. The maximum atomic E-state index is 13.1. The second-order valence-corrected chi connectivity index (χ2v) is 7.74. The normalized spacial score (nSPS) is 20.9. The first-order chi connectivity index (χ1) is 13.1. The average Bonchev–Trinajstić information content (AvgIpc) is 2.89. The van der Waals surface area contributed by atoms with Gasteiger partial charge in [0.1, 0.15) is 11.9 Å². The third kappa shape index (κ3) is 3.94. The molecule has 1 N–H and O–H groups in total. The molecule has 4 rings (SSSR count). The molecule has 2 aliphatic heterocycles. The van der Waals surface area contributed by atoms with E-state index in [1.807, 2.05) is 23.1 Å². The number of amides is 1. The van der Waals surface area contributed by atoms with Crippen LogP contribution in [0.2, 0.25) is 5.02 Å². The van der Waals surface area contributed by atoms with Crippen molar-refractivity contribution in [1.29, 1.82) is 0 Å². The Labute approximate surface area is 162 Å². The molecular formula is C19H24ClN5O2. The van der Waals surface area contributed by atoms with Crippen LogP contribution in [-0.2, 0) is 17.8 Å². The van der Waals surface area contributed by atoms with Gasteiger partial charge in [-0.2, -0.15) is 5.10 Å². The van der Waals surface area contributed by atoms with Gasteiger partial charge in [-0.15, -0.1) is 0 Å². The summed E-state index contributed by atoms with van der Waals surface area (Å²) in [6.45, 7) is 3.82. The fourth-order valence-corrected chi connectivity index (χ4v) is 4.26. The highest BCUT2D eigenvalue weighted by Gasteiger charge is 2.32. The van der Waals surface area contributed by atoms with Gasteiger partial charge in [0.05, 0.1) is 0 Å². The Morgan fingerprint density at radius 3 is 2.81 bits per heavy atom. The van der Waals surface area contributed by atoms with Crippen LogP contribution in [0.1, 0.15) is 36.7 Å². The molecule has 1 atom stereocenters. The van der Waals surface area contributed by atoms with E-state index in [0.717, 1.165) is 43.9 Å². The summed E-state index contributed by atoms with van der Waals surface area (Å²) < 4.78 is 1.58. The van der Waals surface area contributed by atoms with E-state index < -0.39 is 6.04 Å². The number of nitrogens with zero attached hydrogens (tertiary/aromatic N) is 4. The maximum Gasteiger partial charge on any atom is 0.344 e. The summed E-state index contributed by atoms with van der Waals surface area (Å²) >= 11 is 6.06. The zero-order valence-electron chi connectivity index (χ0n) is 15.2. The molecule has 1 aromatic carbocycles. The quantitative estimate of drug-likeness (QED) is 0.869. The van der Waals surface area contributed by atoms with E-state index in [2.05, 4.69) is 21.2 Å². The molecule has 1 aromatic heterocycles. The van der Waals surface area contributed by atoms with Gasteiger partial charge in [0.15, 0.2) is 0 Å². The highest BCUT2D eigenvalue weighted by atomic mass is 35.5. The summed E-state index contributed by atoms with van der Waals surface area (Å²) in [5, 5.41) is 7.34. The molecule has 1 amide bonds. The fraction of sp³-hybridized carbons (Fsp3) is 0.526. The molecule has 0 aliphatic carbocycles. The van der Waals surface area contributed by atoms with Crippen molar-refractivity contribution in [2.45, 2.75) is 38.3 Å². The van der Waals surface area contributed by atoms with Crippen LogP contribution in [0.5, 0.6) is 0 Å². The number of benzene rings is 1. The van der Waals surface area contributed by atoms with Crippen molar-refractivity contribution in [2.24, 2.45) is 0 Å². The Hall–Kier alpha value is -2.12. The molecule has 2 aliphatic rings. The molecule has 1 saturated heterocycles. The summed E-state index contributed by atoms with van der Waals surface area (Å²) in [4.78, 5) is 29.5. The lowest BCUT2D eigenvalue weighted by molar-refractivity contribution is -0.137. The second kappa shape index (κ2) is 7.86. The molecule has 0 spiro atoms. The largest absolute Gasteiger partial charge is 0.344 e. The Morgan fingerprint density at radius 2 is 2.04 bits per heavy atom. The minimum atomic E-state index is -0.423. The zero-order valence-corrected chi connectivity index (χ0v) is 16.0. The molecule has 0 bridgehead atoms. The van der Waals surface area contributed by atoms with E-state index in [0.29, 0.717) is 25.3 Å². The number of rotatable bonds is 3. The smallest absolute Gasteiger partial charge is 0.338 e. The Balaban J connectivity index is 1.40. The standard InChI is InChI=1S/C19H24ClN5O2/c20-15-5-3-4-14(12-15)13-23-8-10-24(11-9-23)18(26)16-6-1-2-7-17-21-22-19(27)25(16)17/h3-5,12,16H,1-2,6-11,13H2,(H,22,27). The van der Waals surface area contributed by atoms with Crippen molar-refractivity contribution in [3.63, 3.8) is 0 Å². The second-order valence-electron chi connectivity index (χ2n) is 7.31. The number of aromatic amines is 1. The van der Waals surface area contributed by atoms with E-state index in [4.69, 9.17) is 11.6 Å². The van der Waals surface area contributed by atoms with E-state index in [9.17, 15) is 9.59 Å². The third-order valence-corrected chi connectivity index (χ3v) is 5.72. The number of fused-ring (bicyclic) bond motifs is 1. The van der Waals surface area contributed by atoms with Crippen LogP contribution in [0.15, 0.2) is 29.1 Å². The Bertz CT molecular complexity index is 869. The van der Waals surface area contributed by atoms with Crippen molar-refractivity contribution in [2.75, 3.05) is 26.2 Å². The minimum Gasteiger partial charge on any atom is -0.338 e. The zero-order chi connectivity index (χ0) is 18.8. The summed E-state index contributed by atoms with van der Waals surface area (Å²) in [5.74, 6) is 0.750. The van der Waals surface area contributed by atoms with Gasteiger partial charge in [0, 0.05) is 44.2 Å². The van der Waals surface area contributed by atoms with Gasteiger partial charge in [-0.1, -0.05) is 30.2 Å². The number of carbonyl (C=O) groups excluding carboxylic acids is 1. The lowest BCUT2D eigenvalue weighted by Gasteiger charge is -2.36. The van der Waals surface area contributed by atoms with Crippen molar-refractivity contribution < 1.29 is 4.79 Å². The number of aromatic nitrogens is 3. The first kappa shape index (κ1) is 18.3. The highest BCUT2D eigenvalue weighted by molar-refractivity contribution is 6.30. The van der Waals surface area contributed by atoms with Crippen LogP contribution in [0, 0.1) is 0 Å². The molecule has 3 heterocycles. The van der Waals surface area contributed by atoms with Crippen molar-refractivity contribution in [1.82, 2.24) is 24.6 Å². The molecule has 2 aromatic rings. The molecule has 1 fully saturated rings. The van der Waals surface area contributed by atoms with E-state index in [-0.39, 0.29) is 11.6 Å². The number of H-pyrrole nitrogens is 1.